The van der Waals surface area contributed by atoms with Crippen molar-refractivity contribution < 1.29 is 0 Å². The largest absolute Gasteiger partial charge is 0.385 e. The first-order valence-corrected chi connectivity index (χ1v) is 3.64. The summed E-state index contributed by atoms with van der Waals surface area (Å²) in [5.41, 5.74) is 4.67. The summed E-state index contributed by atoms with van der Waals surface area (Å²) >= 11 is 0. The van der Waals surface area contributed by atoms with Crippen molar-refractivity contribution in [3.63, 3.8) is 0 Å². The third-order valence-electron chi connectivity index (χ3n) is 1.76. The summed E-state index contributed by atoms with van der Waals surface area (Å²) in [5, 5.41) is 0. The highest BCUT2D eigenvalue weighted by atomic mass is 16.2. The maximum absolute atomic E-state index is 11.3. The Bertz CT molecular complexity index is 402. The smallest absolute Gasteiger partial charge is 0.332 e. The van der Waals surface area contributed by atoms with Crippen LogP contribution in [0.15, 0.2) is 15.7 Å². The molecule has 0 radical (unpaired) electrons. The average molecular weight is 169 g/mol. The van der Waals surface area contributed by atoms with Gasteiger partial charge in [-0.1, -0.05) is 0 Å². The first-order valence-electron chi connectivity index (χ1n) is 3.64. The third kappa shape index (κ3) is 1.13. The van der Waals surface area contributed by atoms with Gasteiger partial charge in [0.05, 0.1) is 0 Å². The van der Waals surface area contributed by atoms with Crippen molar-refractivity contribution in [3.05, 3.63) is 26.9 Å². The van der Waals surface area contributed by atoms with Crippen molar-refractivity contribution in [3.8, 4) is 0 Å². The molecule has 0 saturated heterocycles. The van der Waals surface area contributed by atoms with Crippen LogP contribution in [0.25, 0.3) is 0 Å². The van der Waals surface area contributed by atoms with Gasteiger partial charge in [0, 0.05) is 19.7 Å². The van der Waals surface area contributed by atoms with E-state index in [-0.39, 0.29) is 17.1 Å². The molecule has 0 saturated carbocycles. The van der Waals surface area contributed by atoms with Crippen LogP contribution < -0.4 is 17.0 Å². The lowest BCUT2D eigenvalue weighted by atomic mass is 10.5. The number of nitrogens with two attached hydrogens (primary N) is 1. The molecule has 66 valence electrons. The van der Waals surface area contributed by atoms with Crippen molar-refractivity contribution in [1.82, 2.24) is 9.13 Å². The van der Waals surface area contributed by atoms with Crippen LogP contribution in [0.1, 0.15) is 6.92 Å². The summed E-state index contributed by atoms with van der Waals surface area (Å²) in [4.78, 5) is 22.4. The Kier molecular flexibility index (Phi) is 2.03. The molecule has 1 rings (SSSR count). The van der Waals surface area contributed by atoms with Gasteiger partial charge in [-0.3, -0.25) is 13.9 Å². The second-order valence-electron chi connectivity index (χ2n) is 2.49. The molecule has 1 aromatic heterocycles. The predicted molar refractivity (Wildman–Crippen MR) is 46.0 cm³/mol. The summed E-state index contributed by atoms with van der Waals surface area (Å²) in [6.45, 7) is 2.10. The molecule has 2 N–H and O–H groups in total. The molecule has 0 aliphatic heterocycles. The van der Waals surface area contributed by atoms with Crippen molar-refractivity contribution >= 4 is 5.82 Å². The summed E-state index contributed by atoms with van der Waals surface area (Å²) in [6.07, 6.45) is 0. The first kappa shape index (κ1) is 8.58. The number of anilines is 1. The zero-order valence-corrected chi connectivity index (χ0v) is 7.07. The van der Waals surface area contributed by atoms with E-state index >= 15 is 0 Å². The Morgan fingerprint density at radius 3 is 2.58 bits per heavy atom. The lowest BCUT2D eigenvalue weighted by Gasteiger charge is -2.05. The van der Waals surface area contributed by atoms with Crippen LogP contribution in [0.4, 0.5) is 5.82 Å². The van der Waals surface area contributed by atoms with Crippen LogP contribution in [-0.4, -0.2) is 9.13 Å². The fourth-order valence-corrected chi connectivity index (χ4v) is 0.978. The fraction of sp³-hybridized carbons (Fsp3) is 0.429. The standard InChI is InChI=1S/C7H11N3O2/c1-3-10-6(11)4-5(8)9(2)7(10)12/h4H,3,8H2,1-2H3. The zero-order chi connectivity index (χ0) is 9.30. The second-order valence-corrected chi connectivity index (χ2v) is 2.49. The molecule has 0 fully saturated rings. The summed E-state index contributed by atoms with van der Waals surface area (Å²) in [6, 6.07) is 1.24. The fourth-order valence-electron chi connectivity index (χ4n) is 0.978. The molecule has 5 nitrogen and oxygen atoms in total. The van der Waals surface area contributed by atoms with Crippen LogP contribution in [0.2, 0.25) is 0 Å². The van der Waals surface area contributed by atoms with Crippen LogP contribution >= 0.6 is 0 Å². The number of nitrogen functional groups attached to an aromatic ring is 1. The minimum atomic E-state index is -0.373. The molecular weight excluding hydrogens is 158 g/mol. The Balaban J connectivity index is 3.64. The van der Waals surface area contributed by atoms with Crippen LogP contribution in [0.5, 0.6) is 0 Å². The third-order valence-corrected chi connectivity index (χ3v) is 1.76. The maximum atomic E-state index is 11.3. The van der Waals surface area contributed by atoms with E-state index in [0.29, 0.717) is 6.54 Å². The molecule has 0 aliphatic carbocycles. The SMILES string of the molecule is CCn1c(=O)cc(N)n(C)c1=O. The average Bonchev–Trinajstić information content (AvgIpc) is 2.01. The Labute approximate surface area is 69.0 Å². The van der Waals surface area contributed by atoms with Gasteiger partial charge >= 0.3 is 5.69 Å². The van der Waals surface area contributed by atoms with E-state index in [1.165, 1.54) is 17.7 Å². The van der Waals surface area contributed by atoms with Crippen molar-refractivity contribution in [1.29, 1.82) is 0 Å². The molecule has 0 amide bonds. The van der Waals surface area contributed by atoms with Crippen LogP contribution in [-0.2, 0) is 13.6 Å². The van der Waals surface area contributed by atoms with Crippen LogP contribution in [0, 0.1) is 0 Å². The van der Waals surface area contributed by atoms with E-state index in [2.05, 4.69) is 0 Å². The number of hydrogen-bond donors (Lipinski definition) is 1. The number of hydrogen-bond acceptors (Lipinski definition) is 3. The number of nitrogens with zero attached hydrogens (tertiary/aromatic N) is 2. The first-order chi connectivity index (χ1) is 5.57. The van der Waals surface area contributed by atoms with Crippen LogP contribution in [0.3, 0.4) is 0 Å². The van der Waals surface area contributed by atoms with E-state index in [0.717, 1.165) is 4.57 Å². The van der Waals surface area contributed by atoms with Crippen molar-refractivity contribution in [2.45, 2.75) is 13.5 Å². The Morgan fingerprint density at radius 1 is 1.50 bits per heavy atom. The topological polar surface area (TPSA) is 70.0 Å². The number of rotatable bonds is 1. The highest BCUT2D eigenvalue weighted by Crippen LogP contribution is 1.88. The molecule has 5 heteroatoms. The second kappa shape index (κ2) is 2.84. The van der Waals surface area contributed by atoms with Crippen molar-refractivity contribution in [2.24, 2.45) is 7.05 Å². The Morgan fingerprint density at radius 2 is 2.08 bits per heavy atom. The molecule has 1 heterocycles. The molecule has 0 bridgehead atoms. The molecule has 0 spiro atoms. The quantitative estimate of drug-likeness (QED) is 0.595. The van der Waals surface area contributed by atoms with Gasteiger partial charge < -0.3 is 5.73 Å². The lowest BCUT2D eigenvalue weighted by Crippen LogP contribution is -2.38. The monoisotopic (exact) mass is 169 g/mol. The van der Waals surface area contributed by atoms with Gasteiger partial charge in [-0.25, -0.2) is 4.79 Å². The van der Waals surface area contributed by atoms with E-state index in [1.807, 2.05) is 0 Å². The lowest BCUT2D eigenvalue weighted by molar-refractivity contribution is 0.627. The van der Waals surface area contributed by atoms with Gasteiger partial charge in [-0.15, -0.1) is 0 Å². The van der Waals surface area contributed by atoms with Gasteiger partial charge in [0.15, 0.2) is 0 Å². The van der Waals surface area contributed by atoms with Gasteiger partial charge in [0.1, 0.15) is 5.82 Å². The van der Waals surface area contributed by atoms with Gasteiger partial charge in [0.25, 0.3) is 5.56 Å². The summed E-state index contributed by atoms with van der Waals surface area (Å²) in [5.74, 6) is 0.190. The highest BCUT2D eigenvalue weighted by molar-refractivity contribution is 5.25. The zero-order valence-electron chi connectivity index (χ0n) is 7.07. The minimum absolute atomic E-state index is 0.190. The van der Waals surface area contributed by atoms with E-state index < -0.39 is 0 Å². The van der Waals surface area contributed by atoms with Gasteiger partial charge in [-0.2, -0.15) is 0 Å². The van der Waals surface area contributed by atoms with E-state index in [4.69, 9.17) is 5.73 Å². The predicted octanol–water partition coefficient (Wildman–Crippen LogP) is -0.851. The van der Waals surface area contributed by atoms with Gasteiger partial charge in [0.2, 0.25) is 0 Å². The minimum Gasteiger partial charge on any atom is -0.385 e. The molecule has 0 aromatic carbocycles. The molecular formula is C7H11N3O2. The number of aromatic nitrogens is 2. The molecule has 0 unspecified atom stereocenters. The molecule has 1 aromatic rings. The molecule has 0 atom stereocenters. The van der Waals surface area contributed by atoms with Crippen molar-refractivity contribution in [2.75, 3.05) is 5.73 Å². The normalized spacial score (nSPS) is 10.2. The maximum Gasteiger partial charge on any atom is 0.332 e. The summed E-state index contributed by atoms with van der Waals surface area (Å²) < 4.78 is 2.36. The summed E-state index contributed by atoms with van der Waals surface area (Å²) in [7, 11) is 1.53. The Hall–Kier alpha value is -1.52. The molecule has 0 aliphatic rings. The van der Waals surface area contributed by atoms with E-state index in [9.17, 15) is 9.59 Å². The molecule has 12 heavy (non-hydrogen) atoms. The van der Waals surface area contributed by atoms with E-state index in [1.54, 1.807) is 6.92 Å². The van der Waals surface area contributed by atoms with Gasteiger partial charge in [-0.05, 0) is 6.92 Å². The highest BCUT2D eigenvalue weighted by Gasteiger charge is 2.03.